The SMILES string of the molecule is CC=CCCc1ccc(CCc2ccc(C=Cc3ccc(C[C@H](C)c4ccccc4)cc3F)cc2)cc1. The van der Waals surface area contributed by atoms with Crippen LogP contribution in [0.5, 0.6) is 0 Å². The van der Waals surface area contributed by atoms with E-state index in [4.69, 9.17) is 0 Å². The van der Waals surface area contributed by atoms with E-state index >= 15 is 0 Å². The predicted octanol–water partition coefficient (Wildman–Crippen LogP) is 9.64. The summed E-state index contributed by atoms with van der Waals surface area (Å²) in [5, 5.41) is 0. The van der Waals surface area contributed by atoms with Crippen molar-refractivity contribution in [1.29, 1.82) is 0 Å². The van der Waals surface area contributed by atoms with Crippen LogP contribution in [0.15, 0.2) is 109 Å². The Morgan fingerprint density at radius 2 is 1.27 bits per heavy atom. The van der Waals surface area contributed by atoms with E-state index in [9.17, 15) is 4.39 Å². The molecule has 188 valence electrons. The first-order valence-electron chi connectivity index (χ1n) is 13.4. The van der Waals surface area contributed by atoms with Gasteiger partial charge in [-0.1, -0.05) is 122 Å². The van der Waals surface area contributed by atoms with E-state index in [1.165, 1.54) is 22.3 Å². The van der Waals surface area contributed by atoms with Gasteiger partial charge in [-0.05, 0) is 84.4 Å². The number of halogens is 1. The van der Waals surface area contributed by atoms with Gasteiger partial charge < -0.3 is 0 Å². The van der Waals surface area contributed by atoms with Gasteiger partial charge in [0.05, 0.1) is 0 Å². The molecule has 4 aromatic carbocycles. The number of rotatable bonds is 11. The van der Waals surface area contributed by atoms with Crippen molar-refractivity contribution in [1.82, 2.24) is 0 Å². The van der Waals surface area contributed by atoms with Gasteiger partial charge in [0.1, 0.15) is 5.82 Å². The Balaban J connectivity index is 1.29. The minimum atomic E-state index is -0.168. The molecule has 1 heteroatoms. The molecule has 0 aliphatic rings. The molecule has 37 heavy (non-hydrogen) atoms. The summed E-state index contributed by atoms with van der Waals surface area (Å²) in [7, 11) is 0. The third-order valence-corrected chi connectivity index (χ3v) is 6.97. The second kappa shape index (κ2) is 13.6. The Bertz CT molecular complexity index is 1300. The lowest BCUT2D eigenvalue weighted by Gasteiger charge is -2.12. The molecule has 0 fully saturated rings. The molecule has 0 heterocycles. The van der Waals surface area contributed by atoms with Crippen LogP contribution in [-0.4, -0.2) is 0 Å². The van der Waals surface area contributed by atoms with Crippen LogP contribution in [0.4, 0.5) is 4.39 Å². The summed E-state index contributed by atoms with van der Waals surface area (Å²) in [6.45, 7) is 4.26. The normalized spacial score (nSPS) is 12.4. The molecular formula is C36H37F. The fourth-order valence-electron chi connectivity index (χ4n) is 4.65. The van der Waals surface area contributed by atoms with Crippen molar-refractivity contribution < 1.29 is 4.39 Å². The zero-order valence-electron chi connectivity index (χ0n) is 22.0. The van der Waals surface area contributed by atoms with Gasteiger partial charge in [0.15, 0.2) is 0 Å². The molecule has 4 rings (SSSR count). The van der Waals surface area contributed by atoms with E-state index in [0.29, 0.717) is 11.5 Å². The van der Waals surface area contributed by atoms with Gasteiger partial charge >= 0.3 is 0 Å². The quantitative estimate of drug-likeness (QED) is 0.146. The highest BCUT2D eigenvalue weighted by molar-refractivity contribution is 5.70. The summed E-state index contributed by atoms with van der Waals surface area (Å²) < 4.78 is 14.8. The lowest BCUT2D eigenvalue weighted by Crippen LogP contribution is -1.99. The largest absolute Gasteiger partial charge is 0.206 e. The number of hydrogen-bond donors (Lipinski definition) is 0. The lowest BCUT2D eigenvalue weighted by molar-refractivity contribution is 0.620. The number of benzene rings is 4. The van der Waals surface area contributed by atoms with Gasteiger partial charge in [0, 0.05) is 5.56 Å². The molecule has 0 unspecified atom stereocenters. The minimum Gasteiger partial charge on any atom is -0.206 e. The Morgan fingerprint density at radius 3 is 1.89 bits per heavy atom. The van der Waals surface area contributed by atoms with E-state index in [2.05, 4.69) is 98.8 Å². The molecule has 0 radical (unpaired) electrons. The highest BCUT2D eigenvalue weighted by Gasteiger charge is 2.08. The van der Waals surface area contributed by atoms with Gasteiger partial charge in [-0.25, -0.2) is 4.39 Å². The maximum Gasteiger partial charge on any atom is 0.130 e. The molecule has 0 N–H and O–H groups in total. The van der Waals surface area contributed by atoms with Crippen molar-refractivity contribution in [3.05, 3.63) is 154 Å². The van der Waals surface area contributed by atoms with Gasteiger partial charge in [-0.2, -0.15) is 0 Å². The van der Waals surface area contributed by atoms with Crippen LogP contribution in [0.2, 0.25) is 0 Å². The molecule has 0 spiro atoms. The van der Waals surface area contributed by atoms with Crippen LogP contribution in [-0.2, 0) is 25.7 Å². The number of aryl methyl sites for hydroxylation is 3. The molecule has 4 aromatic rings. The Labute approximate surface area is 222 Å². The van der Waals surface area contributed by atoms with E-state index in [1.807, 2.05) is 30.4 Å². The highest BCUT2D eigenvalue weighted by atomic mass is 19.1. The Kier molecular flexibility index (Phi) is 9.66. The van der Waals surface area contributed by atoms with E-state index in [0.717, 1.165) is 43.2 Å². The van der Waals surface area contributed by atoms with Crippen LogP contribution < -0.4 is 0 Å². The molecule has 0 aliphatic carbocycles. The second-order valence-electron chi connectivity index (χ2n) is 9.87. The average Bonchev–Trinajstić information content (AvgIpc) is 2.93. The van der Waals surface area contributed by atoms with Crippen molar-refractivity contribution in [2.24, 2.45) is 0 Å². The molecular weight excluding hydrogens is 451 g/mol. The van der Waals surface area contributed by atoms with Crippen molar-refractivity contribution in [2.75, 3.05) is 0 Å². The molecule has 0 amide bonds. The van der Waals surface area contributed by atoms with Gasteiger partial charge in [0.2, 0.25) is 0 Å². The van der Waals surface area contributed by atoms with Crippen LogP contribution in [0.1, 0.15) is 65.1 Å². The van der Waals surface area contributed by atoms with E-state index in [-0.39, 0.29) is 5.82 Å². The average molecular weight is 489 g/mol. The van der Waals surface area contributed by atoms with Crippen LogP contribution in [0, 0.1) is 5.82 Å². The zero-order chi connectivity index (χ0) is 25.9. The van der Waals surface area contributed by atoms with Crippen molar-refractivity contribution in [3.8, 4) is 0 Å². The monoisotopic (exact) mass is 488 g/mol. The van der Waals surface area contributed by atoms with E-state index < -0.39 is 0 Å². The standard InChI is InChI=1S/C36H37F/c1-3-4-6-9-29-12-14-30(15-13-29)16-17-31-18-20-32(21-19-31)22-24-35-25-23-33(27-36(35)37)26-28(2)34-10-7-5-8-11-34/h3-5,7-8,10-15,18-25,27-28H,6,9,16-17,26H2,1-2H3/t28-/m0/s1. The zero-order valence-corrected chi connectivity index (χ0v) is 22.0. The first-order valence-corrected chi connectivity index (χ1v) is 13.4. The van der Waals surface area contributed by atoms with Gasteiger partial charge in [-0.15, -0.1) is 0 Å². The number of allylic oxidation sites excluding steroid dienone is 2. The molecule has 0 aliphatic heterocycles. The van der Waals surface area contributed by atoms with Crippen LogP contribution in [0.25, 0.3) is 12.2 Å². The summed E-state index contributed by atoms with van der Waals surface area (Å²) in [5.74, 6) is 0.187. The molecule has 0 bridgehead atoms. The molecule has 0 nitrogen and oxygen atoms in total. The summed E-state index contributed by atoms with van der Waals surface area (Å²) in [5.41, 5.74) is 8.09. The maximum absolute atomic E-state index is 14.8. The van der Waals surface area contributed by atoms with Crippen molar-refractivity contribution in [3.63, 3.8) is 0 Å². The first kappa shape index (κ1) is 26.4. The van der Waals surface area contributed by atoms with Gasteiger partial charge in [0.25, 0.3) is 0 Å². The number of hydrogen-bond acceptors (Lipinski definition) is 0. The second-order valence-corrected chi connectivity index (χ2v) is 9.87. The first-order chi connectivity index (χ1) is 18.1. The summed E-state index contributed by atoms with van der Waals surface area (Å²) in [6.07, 6.45) is 13.3. The van der Waals surface area contributed by atoms with Crippen LogP contribution >= 0.6 is 0 Å². The Morgan fingerprint density at radius 1 is 0.676 bits per heavy atom. The smallest absolute Gasteiger partial charge is 0.130 e. The van der Waals surface area contributed by atoms with Crippen LogP contribution in [0.3, 0.4) is 0 Å². The van der Waals surface area contributed by atoms with Gasteiger partial charge in [-0.3, -0.25) is 0 Å². The van der Waals surface area contributed by atoms with Crippen molar-refractivity contribution >= 4 is 12.2 Å². The fourth-order valence-corrected chi connectivity index (χ4v) is 4.65. The predicted molar refractivity (Wildman–Crippen MR) is 157 cm³/mol. The molecule has 1 atom stereocenters. The maximum atomic E-state index is 14.8. The van der Waals surface area contributed by atoms with E-state index in [1.54, 1.807) is 6.07 Å². The summed E-state index contributed by atoms with van der Waals surface area (Å²) in [4.78, 5) is 0. The van der Waals surface area contributed by atoms with Crippen molar-refractivity contribution in [2.45, 2.75) is 51.9 Å². The summed E-state index contributed by atoms with van der Waals surface area (Å²) in [6, 6.07) is 33.6. The third kappa shape index (κ3) is 8.15. The fraction of sp³-hybridized carbons (Fsp3) is 0.222. The summed E-state index contributed by atoms with van der Waals surface area (Å²) >= 11 is 0. The third-order valence-electron chi connectivity index (χ3n) is 6.97. The highest BCUT2D eigenvalue weighted by Crippen LogP contribution is 2.22. The minimum absolute atomic E-state index is 0.168. The topological polar surface area (TPSA) is 0 Å². The molecule has 0 aromatic heterocycles. The molecule has 0 saturated carbocycles. The molecule has 0 saturated heterocycles. The Hall–Kier alpha value is -3.71. The lowest BCUT2D eigenvalue weighted by atomic mass is 9.93.